The van der Waals surface area contributed by atoms with E-state index >= 15 is 0 Å². The van der Waals surface area contributed by atoms with Gasteiger partial charge >= 0.3 is 0 Å². The average Bonchev–Trinajstić information content (AvgIpc) is 2.28. The smallest absolute Gasteiger partial charge is 0.229 e. The third-order valence-corrected chi connectivity index (χ3v) is 2.92. The molecule has 0 saturated heterocycles. The van der Waals surface area contributed by atoms with E-state index in [2.05, 4.69) is 37.4 Å². The molecule has 1 rings (SSSR count). The highest BCUT2D eigenvalue weighted by Gasteiger charge is 2.22. The number of nitrogens with one attached hydrogen (secondary N) is 1. The van der Waals surface area contributed by atoms with Gasteiger partial charge in [0.25, 0.3) is 0 Å². The second kappa shape index (κ2) is 5.35. The summed E-state index contributed by atoms with van der Waals surface area (Å²) in [6, 6.07) is 6.22. The molecule has 0 spiro atoms. The highest BCUT2D eigenvalue weighted by atomic mass is 16.2. The molecule has 0 atom stereocenters. The van der Waals surface area contributed by atoms with Crippen molar-refractivity contribution in [3.8, 4) is 0 Å². The molecule has 1 aromatic rings. The SMILES string of the molecule is CCc1cccc(CC)c1NC(=O)C(C)(C)C. The van der Waals surface area contributed by atoms with Crippen LogP contribution >= 0.6 is 0 Å². The average molecular weight is 233 g/mol. The molecule has 0 heterocycles. The number of aryl methyl sites for hydroxylation is 2. The second-order valence-electron chi connectivity index (χ2n) is 5.36. The van der Waals surface area contributed by atoms with E-state index in [-0.39, 0.29) is 11.3 Å². The zero-order valence-corrected chi connectivity index (χ0v) is 11.6. The van der Waals surface area contributed by atoms with E-state index in [1.807, 2.05) is 20.8 Å². The molecule has 0 saturated carbocycles. The minimum Gasteiger partial charge on any atom is -0.325 e. The van der Waals surface area contributed by atoms with Gasteiger partial charge < -0.3 is 5.32 Å². The van der Waals surface area contributed by atoms with Crippen molar-refractivity contribution in [3.05, 3.63) is 29.3 Å². The Balaban J connectivity index is 3.08. The van der Waals surface area contributed by atoms with Gasteiger partial charge in [-0.2, -0.15) is 0 Å². The van der Waals surface area contributed by atoms with Crippen LogP contribution in [-0.4, -0.2) is 5.91 Å². The number of amides is 1. The molecule has 0 fully saturated rings. The summed E-state index contributed by atoms with van der Waals surface area (Å²) in [4.78, 5) is 12.1. The highest BCUT2D eigenvalue weighted by molar-refractivity contribution is 5.95. The van der Waals surface area contributed by atoms with Gasteiger partial charge in [-0.05, 0) is 24.0 Å². The molecule has 2 heteroatoms. The zero-order valence-electron chi connectivity index (χ0n) is 11.6. The van der Waals surface area contributed by atoms with Crippen LogP contribution in [0.2, 0.25) is 0 Å². The lowest BCUT2D eigenvalue weighted by Gasteiger charge is -2.21. The fourth-order valence-corrected chi connectivity index (χ4v) is 1.70. The normalized spacial score (nSPS) is 11.4. The zero-order chi connectivity index (χ0) is 13.1. The van der Waals surface area contributed by atoms with E-state index in [1.54, 1.807) is 0 Å². The topological polar surface area (TPSA) is 29.1 Å². The van der Waals surface area contributed by atoms with E-state index in [1.165, 1.54) is 11.1 Å². The Morgan fingerprint density at radius 1 is 1.12 bits per heavy atom. The summed E-state index contributed by atoms with van der Waals surface area (Å²) in [5, 5.41) is 3.08. The summed E-state index contributed by atoms with van der Waals surface area (Å²) < 4.78 is 0. The number of carbonyl (C=O) groups excluding carboxylic acids is 1. The van der Waals surface area contributed by atoms with Gasteiger partial charge in [0.1, 0.15) is 0 Å². The summed E-state index contributed by atoms with van der Waals surface area (Å²) in [6.45, 7) is 10.0. The van der Waals surface area contributed by atoms with Gasteiger partial charge in [0, 0.05) is 11.1 Å². The first-order chi connectivity index (χ1) is 7.90. The van der Waals surface area contributed by atoms with E-state index in [0.29, 0.717) is 0 Å². The van der Waals surface area contributed by atoms with Gasteiger partial charge in [0.15, 0.2) is 0 Å². The summed E-state index contributed by atoms with van der Waals surface area (Å²) in [7, 11) is 0. The number of hydrogen-bond donors (Lipinski definition) is 1. The molecule has 0 aliphatic rings. The first-order valence-corrected chi connectivity index (χ1v) is 6.32. The lowest BCUT2D eigenvalue weighted by Crippen LogP contribution is -2.28. The van der Waals surface area contributed by atoms with E-state index < -0.39 is 0 Å². The van der Waals surface area contributed by atoms with Gasteiger partial charge in [-0.1, -0.05) is 52.8 Å². The molecule has 94 valence electrons. The first-order valence-electron chi connectivity index (χ1n) is 6.32. The minimum atomic E-state index is -0.355. The summed E-state index contributed by atoms with van der Waals surface area (Å²) in [6.07, 6.45) is 1.88. The van der Waals surface area contributed by atoms with Gasteiger partial charge in [0.2, 0.25) is 5.91 Å². The Morgan fingerprint density at radius 2 is 1.59 bits per heavy atom. The van der Waals surface area contributed by atoms with Crippen molar-refractivity contribution in [1.29, 1.82) is 0 Å². The number of rotatable bonds is 3. The quantitative estimate of drug-likeness (QED) is 0.845. The molecule has 2 nitrogen and oxygen atoms in total. The summed E-state index contributed by atoms with van der Waals surface area (Å²) in [5.41, 5.74) is 3.08. The van der Waals surface area contributed by atoms with Crippen LogP contribution in [0.4, 0.5) is 5.69 Å². The Hall–Kier alpha value is -1.31. The first kappa shape index (κ1) is 13.8. The van der Waals surface area contributed by atoms with E-state index in [4.69, 9.17) is 0 Å². The van der Waals surface area contributed by atoms with E-state index in [9.17, 15) is 4.79 Å². The molecule has 0 unspecified atom stereocenters. The minimum absolute atomic E-state index is 0.0769. The van der Waals surface area contributed by atoms with Crippen molar-refractivity contribution in [1.82, 2.24) is 0 Å². The molecule has 1 amide bonds. The van der Waals surface area contributed by atoms with Crippen LogP contribution in [0.5, 0.6) is 0 Å². The van der Waals surface area contributed by atoms with Crippen molar-refractivity contribution in [2.75, 3.05) is 5.32 Å². The Bertz CT molecular complexity index is 380. The van der Waals surface area contributed by atoms with E-state index in [0.717, 1.165) is 18.5 Å². The molecule has 0 aromatic heterocycles. The molecular weight excluding hydrogens is 210 g/mol. The fourth-order valence-electron chi connectivity index (χ4n) is 1.70. The summed E-state index contributed by atoms with van der Waals surface area (Å²) >= 11 is 0. The largest absolute Gasteiger partial charge is 0.325 e. The molecule has 1 aromatic carbocycles. The third kappa shape index (κ3) is 3.32. The monoisotopic (exact) mass is 233 g/mol. The molecule has 0 aliphatic carbocycles. The van der Waals surface area contributed by atoms with Crippen molar-refractivity contribution in [3.63, 3.8) is 0 Å². The second-order valence-corrected chi connectivity index (χ2v) is 5.36. The fraction of sp³-hybridized carbons (Fsp3) is 0.533. The molecule has 0 bridgehead atoms. The third-order valence-electron chi connectivity index (χ3n) is 2.92. The van der Waals surface area contributed by atoms with Crippen LogP contribution in [0, 0.1) is 5.41 Å². The number of carbonyl (C=O) groups is 1. The van der Waals surface area contributed by atoms with Gasteiger partial charge in [-0.15, -0.1) is 0 Å². The van der Waals surface area contributed by atoms with Crippen molar-refractivity contribution in [2.24, 2.45) is 5.41 Å². The molecule has 0 radical (unpaired) electrons. The Morgan fingerprint density at radius 3 is 1.94 bits per heavy atom. The molecule has 0 aliphatic heterocycles. The lowest BCUT2D eigenvalue weighted by atomic mass is 9.94. The van der Waals surface area contributed by atoms with Crippen LogP contribution in [0.15, 0.2) is 18.2 Å². The lowest BCUT2D eigenvalue weighted by molar-refractivity contribution is -0.123. The van der Waals surface area contributed by atoms with Crippen LogP contribution in [0.3, 0.4) is 0 Å². The highest BCUT2D eigenvalue weighted by Crippen LogP contribution is 2.25. The number of benzene rings is 1. The van der Waals surface area contributed by atoms with Gasteiger partial charge in [-0.3, -0.25) is 4.79 Å². The number of anilines is 1. The van der Waals surface area contributed by atoms with Crippen molar-refractivity contribution in [2.45, 2.75) is 47.5 Å². The number of hydrogen-bond acceptors (Lipinski definition) is 1. The molecule has 17 heavy (non-hydrogen) atoms. The van der Waals surface area contributed by atoms with Crippen molar-refractivity contribution < 1.29 is 4.79 Å². The van der Waals surface area contributed by atoms with Crippen LogP contribution in [0.25, 0.3) is 0 Å². The van der Waals surface area contributed by atoms with Crippen LogP contribution < -0.4 is 5.32 Å². The summed E-state index contributed by atoms with van der Waals surface area (Å²) in [5.74, 6) is 0.0769. The molecule has 1 N–H and O–H groups in total. The predicted octanol–water partition coefficient (Wildman–Crippen LogP) is 3.80. The Kier molecular flexibility index (Phi) is 4.33. The van der Waals surface area contributed by atoms with Gasteiger partial charge in [0.05, 0.1) is 0 Å². The van der Waals surface area contributed by atoms with Crippen LogP contribution in [0.1, 0.15) is 45.7 Å². The maximum Gasteiger partial charge on any atom is 0.229 e. The van der Waals surface area contributed by atoms with Crippen LogP contribution in [-0.2, 0) is 17.6 Å². The van der Waals surface area contributed by atoms with Crippen molar-refractivity contribution >= 4 is 11.6 Å². The predicted molar refractivity (Wildman–Crippen MR) is 73.3 cm³/mol. The van der Waals surface area contributed by atoms with Gasteiger partial charge in [-0.25, -0.2) is 0 Å². The maximum absolute atomic E-state index is 12.1. The molecular formula is C15H23NO. The number of para-hydroxylation sites is 1. The Labute approximate surface area is 104 Å². The standard InChI is InChI=1S/C15H23NO/c1-6-11-9-8-10-12(7-2)13(11)16-14(17)15(3,4)5/h8-10H,6-7H2,1-5H3,(H,16,17). The maximum atomic E-state index is 12.1.